The molecule has 16 heteroatoms. The van der Waals surface area contributed by atoms with Crippen LogP contribution in [-0.4, -0.2) is 43.8 Å². The normalized spacial score (nSPS) is 11.9. The molecule has 188 valence electrons. The lowest BCUT2D eigenvalue weighted by Crippen LogP contribution is -2.28. The zero-order valence-corrected chi connectivity index (χ0v) is 18.7. The topological polar surface area (TPSA) is 107 Å². The van der Waals surface area contributed by atoms with E-state index in [1.54, 1.807) is 0 Å². The van der Waals surface area contributed by atoms with Gasteiger partial charge in [0.2, 0.25) is 5.88 Å². The lowest BCUT2D eigenvalue weighted by Gasteiger charge is -2.12. The second kappa shape index (κ2) is 9.93. The van der Waals surface area contributed by atoms with E-state index < -0.39 is 36.6 Å². The molecule has 0 aliphatic heterocycles. The van der Waals surface area contributed by atoms with Gasteiger partial charge in [0.15, 0.2) is 12.3 Å². The molecule has 2 amide bonds. The Bertz CT molecular complexity index is 1230. The second-order valence-electron chi connectivity index (χ2n) is 7.16. The molecule has 0 atom stereocenters. The standard InChI is InChI=1S/C19H16ClF6N7O2/c1-9-3-11(30-31-15(9)12-7-33(2)32-16(12)19(24,25)26)6-27-17(34)28-10-4-13(20)29-14(5-10)35-8-18(21,22)23/h3-5,7H,6,8H2,1-2H3,(H2,27,28,29,34). The van der Waals surface area contributed by atoms with Crippen molar-refractivity contribution in [2.75, 3.05) is 11.9 Å². The fourth-order valence-electron chi connectivity index (χ4n) is 2.88. The molecule has 2 N–H and O–H groups in total. The van der Waals surface area contributed by atoms with Gasteiger partial charge in [-0.3, -0.25) is 4.68 Å². The number of nitrogens with one attached hydrogen (secondary N) is 2. The van der Waals surface area contributed by atoms with Crippen LogP contribution in [0, 0.1) is 6.92 Å². The number of halogens is 7. The monoisotopic (exact) mass is 523 g/mol. The molecule has 0 radical (unpaired) electrons. The van der Waals surface area contributed by atoms with Gasteiger partial charge in [0, 0.05) is 19.3 Å². The molecule has 3 aromatic heterocycles. The number of urea groups is 1. The number of nitrogens with zero attached hydrogens (tertiary/aromatic N) is 5. The largest absolute Gasteiger partial charge is 0.468 e. The average molecular weight is 524 g/mol. The highest BCUT2D eigenvalue weighted by atomic mass is 35.5. The lowest BCUT2D eigenvalue weighted by molar-refractivity contribution is -0.154. The van der Waals surface area contributed by atoms with Crippen molar-refractivity contribution in [3.63, 3.8) is 0 Å². The van der Waals surface area contributed by atoms with E-state index in [2.05, 4.69) is 35.7 Å². The van der Waals surface area contributed by atoms with Crippen LogP contribution in [0.25, 0.3) is 11.3 Å². The van der Waals surface area contributed by atoms with Gasteiger partial charge in [-0.2, -0.15) is 36.5 Å². The van der Waals surface area contributed by atoms with Gasteiger partial charge in [-0.25, -0.2) is 9.78 Å². The van der Waals surface area contributed by atoms with E-state index in [-0.39, 0.29) is 34.3 Å². The van der Waals surface area contributed by atoms with Crippen molar-refractivity contribution >= 4 is 23.3 Å². The van der Waals surface area contributed by atoms with Crippen molar-refractivity contribution in [2.45, 2.75) is 25.8 Å². The minimum atomic E-state index is -4.68. The summed E-state index contributed by atoms with van der Waals surface area (Å²) in [4.78, 5) is 15.7. The summed E-state index contributed by atoms with van der Waals surface area (Å²) in [7, 11) is 1.35. The van der Waals surface area contributed by atoms with E-state index in [9.17, 15) is 31.1 Å². The van der Waals surface area contributed by atoms with Gasteiger partial charge < -0.3 is 15.4 Å². The van der Waals surface area contributed by atoms with Crippen LogP contribution in [0.1, 0.15) is 17.0 Å². The minimum Gasteiger partial charge on any atom is -0.468 e. The molecule has 35 heavy (non-hydrogen) atoms. The Balaban J connectivity index is 1.66. The van der Waals surface area contributed by atoms with Crippen LogP contribution in [0.15, 0.2) is 24.4 Å². The van der Waals surface area contributed by atoms with Crippen molar-refractivity contribution in [1.82, 2.24) is 30.3 Å². The number of rotatable bonds is 6. The summed E-state index contributed by atoms with van der Waals surface area (Å²) < 4.78 is 82.2. The predicted molar refractivity (Wildman–Crippen MR) is 111 cm³/mol. The fourth-order valence-corrected chi connectivity index (χ4v) is 3.09. The molecule has 0 aliphatic carbocycles. The molecule has 3 rings (SSSR count). The Morgan fingerprint density at radius 1 is 1.14 bits per heavy atom. The average Bonchev–Trinajstić information content (AvgIpc) is 3.12. The summed E-state index contributed by atoms with van der Waals surface area (Å²) in [5.41, 5.74) is -0.744. The third kappa shape index (κ3) is 7.18. The molecule has 0 aliphatic rings. The summed E-state index contributed by atoms with van der Waals surface area (Å²) in [6, 6.07) is 2.90. The molecule has 0 unspecified atom stereocenters. The molecule has 0 saturated carbocycles. The maximum Gasteiger partial charge on any atom is 0.435 e. The predicted octanol–water partition coefficient (Wildman–Crippen LogP) is 4.52. The van der Waals surface area contributed by atoms with Crippen LogP contribution in [0.2, 0.25) is 5.15 Å². The van der Waals surface area contributed by atoms with Crippen molar-refractivity contribution in [3.8, 4) is 17.1 Å². The molecule has 0 bridgehead atoms. The second-order valence-corrected chi connectivity index (χ2v) is 7.55. The third-order valence-corrected chi connectivity index (χ3v) is 4.42. The summed E-state index contributed by atoms with van der Waals surface area (Å²) in [5, 5.41) is 15.7. The van der Waals surface area contributed by atoms with E-state index in [4.69, 9.17) is 11.6 Å². The maximum atomic E-state index is 13.2. The molecule has 3 heterocycles. The Labute approximate surface area is 198 Å². The number of alkyl halides is 6. The number of carbonyl (C=O) groups is 1. The van der Waals surface area contributed by atoms with Crippen LogP contribution in [0.3, 0.4) is 0 Å². The van der Waals surface area contributed by atoms with Gasteiger partial charge in [-0.05, 0) is 24.6 Å². The highest BCUT2D eigenvalue weighted by Gasteiger charge is 2.38. The SMILES string of the molecule is Cc1cc(CNC(=O)Nc2cc(Cl)nc(OCC(F)(F)F)c2)nnc1-c1cn(C)nc1C(F)(F)F. The quantitative estimate of drug-likeness (QED) is 0.363. The molecule has 0 aromatic carbocycles. The number of ether oxygens (including phenoxy) is 1. The van der Waals surface area contributed by atoms with Crippen molar-refractivity contribution in [3.05, 3.63) is 46.5 Å². The zero-order valence-electron chi connectivity index (χ0n) is 17.9. The molecule has 0 saturated heterocycles. The van der Waals surface area contributed by atoms with Crippen LogP contribution < -0.4 is 15.4 Å². The Morgan fingerprint density at radius 2 is 1.86 bits per heavy atom. The first-order valence-corrected chi connectivity index (χ1v) is 9.95. The first kappa shape index (κ1) is 26.0. The fraction of sp³-hybridized carbons (Fsp3) is 0.316. The first-order chi connectivity index (χ1) is 16.2. The molecule has 9 nitrogen and oxygen atoms in total. The van der Waals surface area contributed by atoms with Crippen LogP contribution >= 0.6 is 11.6 Å². The third-order valence-electron chi connectivity index (χ3n) is 4.23. The van der Waals surface area contributed by atoms with Gasteiger partial charge >= 0.3 is 18.4 Å². The first-order valence-electron chi connectivity index (χ1n) is 9.57. The number of hydrogen-bond acceptors (Lipinski definition) is 6. The molecular weight excluding hydrogens is 508 g/mol. The van der Waals surface area contributed by atoms with Gasteiger partial charge in [0.05, 0.1) is 29.2 Å². The van der Waals surface area contributed by atoms with Crippen molar-refractivity contribution in [1.29, 1.82) is 0 Å². The van der Waals surface area contributed by atoms with Gasteiger partial charge in [0.1, 0.15) is 5.15 Å². The van der Waals surface area contributed by atoms with Crippen LogP contribution in [-0.2, 0) is 19.8 Å². The van der Waals surface area contributed by atoms with E-state index in [0.29, 0.717) is 5.56 Å². The zero-order chi connectivity index (χ0) is 26.0. The smallest absolute Gasteiger partial charge is 0.435 e. The number of anilines is 1. The van der Waals surface area contributed by atoms with Crippen LogP contribution in [0.4, 0.5) is 36.8 Å². The molecule has 0 fully saturated rings. The summed E-state index contributed by atoms with van der Waals surface area (Å²) in [6.45, 7) is -0.221. The number of aryl methyl sites for hydroxylation is 2. The van der Waals surface area contributed by atoms with Gasteiger partial charge in [0.25, 0.3) is 0 Å². The molecule has 3 aromatic rings. The Kier molecular flexibility index (Phi) is 7.38. The van der Waals surface area contributed by atoms with Crippen molar-refractivity contribution in [2.24, 2.45) is 7.05 Å². The van der Waals surface area contributed by atoms with E-state index in [0.717, 1.165) is 10.7 Å². The summed E-state index contributed by atoms with van der Waals surface area (Å²) >= 11 is 5.74. The van der Waals surface area contributed by atoms with E-state index in [1.165, 1.54) is 32.3 Å². The summed E-state index contributed by atoms with van der Waals surface area (Å²) in [5.74, 6) is -0.448. The maximum absolute atomic E-state index is 13.2. The van der Waals surface area contributed by atoms with Gasteiger partial charge in [-0.1, -0.05) is 11.6 Å². The number of hydrogen-bond donors (Lipinski definition) is 2. The summed E-state index contributed by atoms with van der Waals surface area (Å²) in [6.07, 6.45) is -8.09. The minimum absolute atomic E-state index is 0.00791. The lowest BCUT2D eigenvalue weighted by atomic mass is 10.1. The highest BCUT2D eigenvalue weighted by molar-refractivity contribution is 6.29. The highest BCUT2D eigenvalue weighted by Crippen LogP contribution is 2.36. The number of pyridine rings is 1. The number of amides is 2. The Hall–Kier alpha value is -3.62. The Morgan fingerprint density at radius 3 is 2.49 bits per heavy atom. The van der Waals surface area contributed by atoms with Crippen molar-refractivity contribution < 1.29 is 35.9 Å². The van der Waals surface area contributed by atoms with Gasteiger partial charge in [-0.15, -0.1) is 5.10 Å². The number of carbonyl (C=O) groups excluding carboxylic acids is 1. The number of aromatic nitrogens is 5. The van der Waals surface area contributed by atoms with E-state index in [1.807, 2.05) is 0 Å². The van der Waals surface area contributed by atoms with Crippen LogP contribution in [0.5, 0.6) is 5.88 Å². The molecular formula is C19H16ClF6N7O2. The van der Waals surface area contributed by atoms with E-state index >= 15 is 0 Å². The molecule has 0 spiro atoms.